The molecule has 2 aliphatic rings. The molecule has 2 N–H and O–H groups in total. The fourth-order valence-electron chi connectivity index (χ4n) is 2.57. The highest BCUT2D eigenvalue weighted by atomic mass is 35.5. The first-order chi connectivity index (χ1) is 9.27. The van der Waals surface area contributed by atoms with E-state index >= 15 is 0 Å². The number of anilines is 1. The smallest absolute Gasteiger partial charge is 0.321 e. The molecule has 1 aliphatic heterocycles. The van der Waals surface area contributed by atoms with Gasteiger partial charge in [-0.1, -0.05) is 25.4 Å². The molecular formula is C13H13ClFN3O2. The summed E-state index contributed by atoms with van der Waals surface area (Å²) in [5.74, 6) is -0.887. The van der Waals surface area contributed by atoms with Crippen LogP contribution in [0.15, 0.2) is 18.2 Å². The number of hydrazine groups is 1. The van der Waals surface area contributed by atoms with Crippen molar-refractivity contribution in [2.75, 3.05) is 5.43 Å². The van der Waals surface area contributed by atoms with Gasteiger partial charge in [-0.05, 0) is 30.0 Å². The Morgan fingerprint density at radius 3 is 2.55 bits per heavy atom. The molecule has 20 heavy (non-hydrogen) atoms. The van der Waals surface area contributed by atoms with Crippen LogP contribution < -0.4 is 10.7 Å². The van der Waals surface area contributed by atoms with Gasteiger partial charge in [-0.3, -0.25) is 10.2 Å². The minimum Gasteiger partial charge on any atom is -0.321 e. The molecule has 7 heteroatoms. The fraction of sp³-hybridized carbons (Fsp3) is 0.385. The van der Waals surface area contributed by atoms with Gasteiger partial charge in [0.15, 0.2) is 0 Å². The molecule has 1 heterocycles. The van der Waals surface area contributed by atoms with E-state index in [-0.39, 0.29) is 16.3 Å². The molecule has 3 rings (SSSR count). The largest absolute Gasteiger partial charge is 0.344 e. The van der Waals surface area contributed by atoms with E-state index in [1.54, 1.807) is 0 Å². The molecule has 1 atom stereocenters. The summed E-state index contributed by atoms with van der Waals surface area (Å²) in [7, 11) is 0. The maximum atomic E-state index is 13.1. The second-order valence-electron chi connectivity index (χ2n) is 5.78. The van der Waals surface area contributed by atoms with Crippen molar-refractivity contribution < 1.29 is 14.0 Å². The summed E-state index contributed by atoms with van der Waals surface area (Å²) in [6.07, 6.45) is 0.604. The summed E-state index contributed by atoms with van der Waals surface area (Å²) in [6.45, 7) is 3.84. The van der Waals surface area contributed by atoms with E-state index < -0.39 is 17.4 Å². The quantitative estimate of drug-likeness (QED) is 0.825. The van der Waals surface area contributed by atoms with Crippen LogP contribution in [0, 0.1) is 11.2 Å². The number of carbonyl (C=O) groups excluding carboxylic acids is 2. The lowest BCUT2D eigenvalue weighted by Gasteiger charge is -2.16. The van der Waals surface area contributed by atoms with E-state index in [1.807, 2.05) is 13.8 Å². The molecule has 0 radical (unpaired) electrons. The number of urea groups is 1. The zero-order valence-corrected chi connectivity index (χ0v) is 11.7. The van der Waals surface area contributed by atoms with E-state index in [2.05, 4.69) is 10.7 Å². The third-order valence-electron chi connectivity index (χ3n) is 3.99. The molecule has 1 unspecified atom stereocenters. The molecule has 1 spiro atoms. The lowest BCUT2D eigenvalue weighted by molar-refractivity contribution is -0.128. The number of halogens is 2. The minimum absolute atomic E-state index is 0.0801. The summed E-state index contributed by atoms with van der Waals surface area (Å²) in [5, 5.41) is 3.54. The SMILES string of the molecule is CC1(C)CC12NC(=O)N(Nc1ccc(F)c(Cl)c1)C2=O. The van der Waals surface area contributed by atoms with E-state index in [1.165, 1.54) is 18.2 Å². The molecule has 1 saturated carbocycles. The first kappa shape index (κ1) is 13.2. The van der Waals surface area contributed by atoms with Crippen LogP contribution in [0.4, 0.5) is 14.9 Å². The number of hydrogen-bond acceptors (Lipinski definition) is 3. The van der Waals surface area contributed by atoms with E-state index in [0.29, 0.717) is 12.1 Å². The molecule has 1 saturated heterocycles. The van der Waals surface area contributed by atoms with Gasteiger partial charge in [-0.25, -0.2) is 9.18 Å². The van der Waals surface area contributed by atoms with Crippen molar-refractivity contribution in [1.82, 2.24) is 10.3 Å². The molecule has 106 valence electrons. The predicted molar refractivity (Wildman–Crippen MR) is 71.5 cm³/mol. The third kappa shape index (κ3) is 1.67. The number of benzene rings is 1. The lowest BCUT2D eigenvalue weighted by Crippen LogP contribution is -2.38. The van der Waals surface area contributed by atoms with Crippen molar-refractivity contribution in [1.29, 1.82) is 0 Å². The van der Waals surface area contributed by atoms with Crippen molar-refractivity contribution in [3.8, 4) is 0 Å². The average Bonchev–Trinajstić information content (AvgIpc) is 2.83. The van der Waals surface area contributed by atoms with Crippen molar-refractivity contribution in [2.24, 2.45) is 5.41 Å². The monoisotopic (exact) mass is 297 g/mol. The Bertz CT molecular complexity index is 634. The van der Waals surface area contributed by atoms with E-state index in [0.717, 1.165) is 5.01 Å². The molecule has 1 aliphatic carbocycles. The molecule has 3 amide bonds. The number of carbonyl (C=O) groups is 2. The number of nitrogens with one attached hydrogen (secondary N) is 2. The van der Waals surface area contributed by atoms with Crippen molar-refractivity contribution in [2.45, 2.75) is 25.8 Å². The van der Waals surface area contributed by atoms with E-state index in [9.17, 15) is 14.0 Å². The van der Waals surface area contributed by atoms with Gasteiger partial charge in [0.25, 0.3) is 5.91 Å². The zero-order valence-electron chi connectivity index (χ0n) is 11.0. The molecule has 1 aromatic carbocycles. The van der Waals surface area contributed by atoms with Gasteiger partial charge in [-0.2, -0.15) is 5.01 Å². The number of amides is 3. The molecular weight excluding hydrogens is 285 g/mol. The van der Waals surface area contributed by atoms with Crippen LogP contribution in [-0.4, -0.2) is 22.5 Å². The molecule has 0 aromatic heterocycles. The molecule has 5 nitrogen and oxygen atoms in total. The Labute approximate surface area is 120 Å². The summed E-state index contributed by atoms with van der Waals surface area (Å²) < 4.78 is 13.1. The number of rotatable bonds is 2. The Kier molecular flexibility index (Phi) is 2.54. The normalized spacial score (nSPS) is 26.9. The van der Waals surface area contributed by atoms with Crippen LogP contribution in [0.2, 0.25) is 5.02 Å². The van der Waals surface area contributed by atoms with Gasteiger partial charge >= 0.3 is 6.03 Å². The van der Waals surface area contributed by atoms with Crippen LogP contribution in [0.1, 0.15) is 20.3 Å². The maximum Gasteiger partial charge on any atom is 0.344 e. The second kappa shape index (κ2) is 3.85. The van der Waals surface area contributed by atoms with Crippen molar-refractivity contribution >= 4 is 29.2 Å². The first-order valence-electron chi connectivity index (χ1n) is 6.15. The molecule has 1 aromatic rings. The van der Waals surface area contributed by atoms with Crippen molar-refractivity contribution in [3.63, 3.8) is 0 Å². The van der Waals surface area contributed by atoms with E-state index in [4.69, 9.17) is 11.6 Å². The number of imide groups is 1. The van der Waals surface area contributed by atoms with Gasteiger partial charge < -0.3 is 5.32 Å². The van der Waals surface area contributed by atoms with Crippen LogP contribution in [-0.2, 0) is 4.79 Å². The van der Waals surface area contributed by atoms with Gasteiger partial charge in [0.2, 0.25) is 0 Å². The Balaban J connectivity index is 1.83. The number of hydrogen-bond donors (Lipinski definition) is 2. The average molecular weight is 298 g/mol. The lowest BCUT2D eigenvalue weighted by atomic mass is 10.1. The third-order valence-corrected chi connectivity index (χ3v) is 4.28. The molecule has 2 fully saturated rings. The van der Waals surface area contributed by atoms with Crippen LogP contribution in [0.5, 0.6) is 0 Å². The Morgan fingerprint density at radius 1 is 1.40 bits per heavy atom. The fourth-order valence-corrected chi connectivity index (χ4v) is 2.75. The topological polar surface area (TPSA) is 61.4 Å². The molecule has 0 bridgehead atoms. The highest BCUT2D eigenvalue weighted by Gasteiger charge is 2.72. The van der Waals surface area contributed by atoms with Crippen LogP contribution in [0.25, 0.3) is 0 Å². The highest BCUT2D eigenvalue weighted by Crippen LogP contribution is 2.58. The first-order valence-corrected chi connectivity index (χ1v) is 6.53. The van der Waals surface area contributed by atoms with Crippen LogP contribution in [0.3, 0.4) is 0 Å². The highest BCUT2D eigenvalue weighted by molar-refractivity contribution is 6.31. The summed E-state index contributed by atoms with van der Waals surface area (Å²) in [4.78, 5) is 24.3. The maximum absolute atomic E-state index is 13.1. The van der Waals surface area contributed by atoms with Gasteiger partial charge in [-0.15, -0.1) is 0 Å². The number of nitrogens with zero attached hydrogens (tertiary/aromatic N) is 1. The zero-order chi connectivity index (χ0) is 14.7. The Hall–Kier alpha value is -1.82. The second-order valence-corrected chi connectivity index (χ2v) is 6.18. The summed E-state index contributed by atoms with van der Waals surface area (Å²) in [6, 6.07) is 3.38. The summed E-state index contributed by atoms with van der Waals surface area (Å²) in [5.41, 5.74) is 1.96. The van der Waals surface area contributed by atoms with Gasteiger partial charge in [0, 0.05) is 0 Å². The van der Waals surface area contributed by atoms with Crippen molar-refractivity contribution in [3.05, 3.63) is 29.0 Å². The predicted octanol–water partition coefficient (Wildman–Crippen LogP) is 2.53. The van der Waals surface area contributed by atoms with Gasteiger partial charge in [0.05, 0.1) is 10.7 Å². The van der Waals surface area contributed by atoms with Gasteiger partial charge in [0.1, 0.15) is 11.4 Å². The Morgan fingerprint density at radius 2 is 2.05 bits per heavy atom. The summed E-state index contributed by atoms with van der Waals surface area (Å²) >= 11 is 5.67. The van der Waals surface area contributed by atoms with Crippen LogP contribution >= 0.6 is 11.6 Å². The minimum atomic E-state index is -0.819. The standard InChI is InChI=1S/C13H13ClFN3O2/c1-12(2)6-13(12)10(19)18(11(20)16-13)17-7-3-4-9(15)8(14)5-7/h3-5,17H,6H2,1-2H3,(H,16,20).